The molecule has 3 aliphatic carbocycles. The lowest BCUT2D eigenvalue weighted by Gasteiger charge is -2.51. The summed E-state index contributed by atoms with van der Waals surface area (Å²) in [6, 6.07) is 6.24. The van der Waals surface area contributed by atoms with E-state index in [0.717, 1.165) is 50.6 Å². The number of epoxide rings is 1. The summed E-state index contributed by atoms with van der Waals surface area (Å²) < 4.78 is 6.52. The molecule has 5 nitrogen and oxygen atoms in total. The van der Waals surface area contributed by atoms with Crippen LogP contribution in [-0.4, -0.2) is 28.3 Å². The van der Waals surface area contributed by atoms with Gasteiger partial charge in [-0.25, -0.2) is 0 Å². The summed E-state index contributed by atoms with van der Waals surface area (Å²) in [5.41, 5.74) is 28.2. The molecule has 5 atom stereocenters. The number of hydrogen-bond acceptors (Lipinski definition) is 5. The molecule has 124 valence electrons. The van der Waals surface area contributed by atoms with E-state index in [0.29, 0.717) is 0 Å². The van der Waals surface area contributed by atoms with Crippen LogP contribution in [0.15, 0.2) is 18.2 Å². The molecule has 3 fully saturated rings. The topological polar surface area (TPSA) is 117 Å². The number of nitrogen functional groups attached to an aromatic ring is 1. The molecule has 1 aromatic rings. The fraction of sp³-hybridized carbons (Fsp3) is 0.667. The second-order valence-electron chi connectivity index (χ2n) is 8.29. The van der Waals surface area contributed by atoms with Gasteiger partial charge in [-0.2, -0.15) is 0 Å². The smallest absolute Gasteiger partial charge is 0.118 e. The van der Waals surface area contributed by atoms with Crippen LogP contribution in [0.4, 0.5) is 5.69 Å². The molecule has 0 unspecified atom stereocenters. The minimum Gasteiger partial charge on any atom is -0.399 e. The predicted molar refractivity (Wildman–Crippen MR) is 89.7 cm³/mol. The van der Waals surface area contributed by atoms with Gasteiger partial charge in [-0.05, 0) is 61.8 Å². The van der Waals surface area contributed by atoms with E-state index in [4.69, 9.17) is 27.7 Å². The van der Waals surface area contributed by atoms with Gasteiger partial charge in [-0.1, -0.05) is 6.07 Å². The zero-order chi connectivity index (χ0) is 16.1. The molecule has 5 heteroatoms. The molecule has 4 aliphatic rings. The molecule has 8 N–H and O–H groups in total. The molecule has 5 rings (SSSR count). The fourth-order valence-electron chi connectivity index (χ4n) is 6.10. The van der Waals surface area contributed by atoms with Crippen molar-refractivity contribution in [3.63, 3.8) is 0 Å². The van der Waals surface area contributed by atoms with E-state index in [2.05, 4.69) is 12.1 Å². The van der Waals surface area contributed by atoms with Crippen LogP contribution < -0.4 is 22.9 Å². The van der Waals surface area contributed by atoms with Crippen molar-refractivity contribution in [3.05, 3.63) is 29.3 Å². The van der Waals surface area contributed by atoms with Gasteiger partial charge < -0.3 is 27.7 Å². The minimum absolute atomic E-state index is 0.0228. The van der Waals surface area contributed by atoms with Gasteiger partial charge in [0.15, 0.2) is 0 Å². The van der Waals surface area contributed by atoms with Crippen molar-refractivity contribution in [3.8, 4) is 0 Å². The van der Waals surface area contributed by atoms with Crippen molar-refractivity contribution >= 4 is 5.69 Å². The zero-order valence-electron chi connectivity index (χ0n) is 13.5. The van der Waals surface area contributed by atoms with Crippen molar-refractivity contribution in [2.24, 2.45) is 17.2 Å². The van der Waals surface area contributed by atoms with Crippen LogP contribution >= 0.6 is 0 Å². The standard InChI is InChI=1S/C18H26N4O/c19-13-2-1-11-3-6-18-15(23-18,10-12(11)9-13)7-8-16(21)14(20)4-5-17(16,18)22/h1-2,9,14H,3-8,10,19-22H2/t14-,15-,16-,17-,18+/m0/s1. The summed E-state index contributed by atoms with van der Waals surface area (Å²) in [6.45, 7) is 0. The van der Waals surface area contributed by atoms with E-state index >= 15 is 0 Å². The number of fused-ring (bicyclic) bond motifs is 2. The molecule has 0 bridgehead atoms. The molecule has 1 heterocycles. The van der Waals surface area contributed by atoms with Gasteiger partial charge in [0.1, 0.15) is 11.2 Å². The summed E-state index contributed by atoms with van der Waals surface area (Å²) in [7, 11) is 0. The fourth-order valence-corrected chi connectivity index (χ4v) is 6.10. The van der Waals surface area contributed by atoms with Gasteiger partial charge in [-0.15, -0.1) is 0 Å². The van der Waals surface area contributed by atoms with Gasteiger partial charge in [0, 0.05) is 18.2 Å². The first-order valence-corrected chi connectivity index (χ1v) is 8.77. The number of benzene rings is 1. The first-order valence-electron chi connectivity index (χ1n) is 8.77. The Morgan fingerprint density at radius 2 is 1.87 bits per heavy atom. The van der Waals surface area contributed by atoms with E-state index in [1.807, 2.05) is 6.07 Å². The molecule has 2 saturated carbocycles. The van der Waals surface area contributed by atoms with E-state index in [1.54, 1.807) is 0 Å². The van der Waals surface area contributed by atoms with Crippen LogP contribution in [0.3, 0.4) is 0 Å². The Labute approximate surface area is 136 Å². The van der Waals surface area contributed by atoms with Crippen molar-refractivity contribution in [2.45, 2.75) is 73.3 Å². The average molecular weight is 314 g/mol. The maximum Gasteiger partial charge on any atom is 0.118 e. The summed E-state index contributed by atoms with van der Waals surface area (Å²) in [6.07, 6.45) is 6.37. The summed E-state index contributed by atoms with van der Waals surface area (Å²) >= 11 is 0. The van der Waals surface area contributed by atoms with Crippen LogP contribution in [0.2, 0.25) is 0 Å². The third-order valence-corrected chi connectivity index (χ3v) is 7.52. The van der Waals surface area contributed by atoms with Gasteiger partial charge in [0.05, 0.1) is 11.1 Å². The van der Waals surface area contributed by atoms with Crippen LogP contribution in [-0.2, 0) is 17.6 Å². The lowest BCUT2D eigenvalue weighted by Crippen LogP contribution is -2.77. The lowest BCUT2D eigenvalue weighted by molar-refractivity contribution is 0.0943. The Morgan fingerprint density at radius 3 is 2.70 bits per heavy atom. The van der Waals surface area contributed by atoms with Gasteiger partial charge in [0.25, 0.3) is 0 Å². The van der Waals surface area contributed by atoms with Crippen molar-refractivity contribution in [2.75, 3.05) is 5.73 Å². The Kier molecular flexibility index (Phi) is 2.42. The molecule has 0 amide bonds. The highest BCUT2D eigenvalue weighted by Gasteiger charge is 2.84. The number of aryl methyl sites for hydroxylation is 1. The average Bonchev–Trinajstić information content (AvgIpc) is 3.13. The lowest BCUT2D eigenvalue weighted by atomic mass is 9.57. The highest BCUT2D eigenvalue weighted by Crippen LogP contribution is 2.70. The van der Waals surface area contributed by atoms with E-state index < -0.39 is 11.1 Å². The Morgan fingerprint density at radius 1 is 1.04 bits per heavy atom. The maximum atomic E-state index is 6.99. The highest BCUT2D eigenvalue weighted by molar-refractivity contribution is 5.50. The SMILES string of the molecule is Nc1ccc2c(c1)C[C@@]13CC[C@]4(N)[C@@H](N)CC[C@@]4(N)[C@]1(CC2)O3. The molecule has 1 aromatic carbocycles. The van der Waals surface area contributed by atoms with Crippen molar-refractivity contribution in [1.82, 2.24) is 0 Å². The van der Waals surface area contributed by atoms with Crippen LogP contribution in [0.1, 0.15) is 43.2 Å². The first-order chi connectivity index (χ1) is 10.9. The van der Waals surface area contributed by atoms with Gasteiger partial charge in [-0.3, -0.25) is 0 Å². The molecule has 0 radical (unpaired) electrons. The maximum absolute atomic E-state index is 6.99. The number of rotatable bonds is 0. The third-order valence-electron chi connectivity index (χ3n) is 7.52. The van der Waals surface area contributed by atoms with Crippen LogP contribution in [0, 0.1) is 0 Å². The molecular weight excluding hydrogens is 288 g/mol. The number of anilines is 1. The molecule has 23 heavy (non-hydrogen) atoms. The molecule has 0 spiro atoms. The van der Waals surface area contributed by atoms with Crippen molar-refractivity contribution in [1.29, 1.82) is 0 Å². The largest absolute Gasteiger partial charge is 0.399 e. The van der Waals surface area contributed by atoms with E-state index in [1.165, 1.54) is 11.1 Å². The molecule has 0 aromatic heterocycles. The summed E-state index contributed by atoms with van der Waals surface area (Å²) in [5.74, 6) is 0. The zero-order valence-corrected chi connectivity index (χ0v) is 13.5. The Balaban J connectivity index is 1.61. The van der Waals surface area contributed by atoms with Gasteiger partial charge >= 0.3 is 0 Å². The minimum atomic E-state index is -0.509. The summed E-state index contributed by atoms with van der Waals surface area (Å²) in [4.78, 5) is 0. The van der Waals surface area contributed by atoms with Crippen molar-refractivity contribution < 1.29 is 4.74 Å². The molecule has 1 saturated heterocycles. The Hall–Kier alpha value is -1.14. The quantitative estimate of drug-likeness (QED) is 0.413. The van der Waals surface area contributed by atoms with E-state index in [9.17, 15) is 0 Å². The molecular formula is C18H26N4O. The summed E-state index contributed by atoms with van der Waals surface area (Å²) in [5, 5.41) is 0. The third kappa shape index (κ3) is 1.40. The highest BCUT2D eigenvalue weighted by atomic mass is 16.6. The number of hydrogen-bond donors (Lipinski definition) is 4. The van der Waals surface area contributed by atoms with Crippen LogP contribution in [0.5, 0.6) is 0 Å². The number of ether oxygens (including phenoxy) is 1. The molecule has 1 aliphatic heterocycles. The van der Waals surface area contributed by atoms with Gasteiger partial charge in [0.2, 0.25) is 0 Å². The second kappa shape index (κ2) is 3.91. The monoisotopic (exact) mass is 314 g/mol. The number of nitrogens with two attached hydrogens (primary N) is 4. The predicted octanol–water partition coefficient (Wildman–Crippen LogP) is 0.575. The second-order valence-corrected chi connectivity index (χ2v) is 8.29. The van der Waals surface area contributed by atoms with E-state index in [-0.39, 0.29) is 17.2 Å². The first kappa shape index (κ1) is 14.2. The normalized spacial score (nSPS) is 50.3. The van der Waals surface area contributed by atoms with Crippen LogP contribution in [0.25, 0.3) is 0 Å². The Bertz CT molecular complexity index is 708.